The normalized spacial score (nSPS) is 20.4. The summed E-state index contributed by atoms with van der Waals surface area (Å²) in [6.45, 7) is 0. The quantitative estimate of drug-likeness (QED) is 0.815. The van der Waals surface area contributed by atoms with Crippen molar-refractivity contribution in [1.82, 2.24) is 0 Å². The molecular weight excluding hydrogens is 220 g/mol. The highest BCUT2D eigenvalue weighted by Gasteiger charge is 2.23. The lowest BCUT2D eigenvalue weighted by Crippen LogP contribution is -2.10. The van der Waals surface area contributed by atoms with Crippen molar-refractivity contribution in [2.75, 3.05) is 7.11 Å². The lowest BCUT2D eigenvalue weighted by Gasteiger charge is -2.19. The molecule has 1 aromatic heterocycles. The Bertz CT molecular complexity index is 313. The van der Waals surface area contributed by atoms with Gasteiger partial charge in [0.1, 0.15) is 5.75 Å². The van der Waals surface area contributed by atoms with Gasteiger partial charge in [0.05, 0.1) is 13.2 Å². The molecule has 3 heteroatoms. The molecule has 0 spiro atoms. The molecule has 0 aromatic carbocycles. The highest BCUT2D eigenvalue weighted by Crippen LogP contribution is 2.37. The minimum atomic E-state index is -0.285. The van der Waals surface area contributed by atoms with Crippen molar-refractivity contribution in [3.63, 3.8) is 0 Å². The zero-order valence-corrected chi connectivity index (χ0v) is 10.6. The van der Waals surface area contributed by atoms with Gasteiger partial charge in [-0.3, -0.25) is 0 Å². The van der Waals surface area contributed by atoms with E-state index in [0.29, 0.717) is 5.92 Å². The summed E-state index contributed by atoms with van der Waals surface area (Å²) in [5, 5.41) is 12.3. The fourth-order valence-electron chi connectivity index (χ4n) is 2.46. The van der Waals surface area contributed by atoms with Gasteiger partial charge in [-0.25, -0.2) is 0 Å². The van der Waals surface area contributed by atoms with Crippen LogP contribution in [0, 0.1) is 5.92 Å². The maximum absolute atomic E-state index is 10.3. The minimum absolute atomic E-state index is 0.285. The van der Waals surface area contributed by atoms with Crippen LogP contribution in [0.15, 0.2) is 11.4 Å². The molecule has 1 aromatic rings. The maximum Gasteiger partial charge on any atom is 0.129 e. The van der Waals surface area contributed by atoms with Gasteiger partial charge in [-0.15, -0.1) is 11.3 Å². The monoisotopic (exact) mass is 240 g/mol. The van der Waals surface area contributed by atoms with Crippen LogP contribution in [0.1, 0.15) is 49.5 Å². The number of hydrogen-bond donors (Lipinski definition) is 1. The van der Waals surface area contributed by atoms with Crippen molar-refractivity contribution in [2.24, 2.45) is 5.92 Å². The molecular formula is C13H20O2S. The highest BCUT2D eigenvalue weighted by atomic mass is 32.1. The first-order chi connectivity index (χ1) is 7.81. The van der Waals surface area contributed by atoms with Crippen molar-refractivity contribution in [1.29, 1.82) is 0 Å². The Hall–Kier alpha value is -0.540. The van der Waals surface area contributed by atoms with E-state index in [1.54, 1.807) is 18.4 Å². The summed E-state index contributed by atoms with van der Waals surface area (Å²) in [5.74, 6) is 1.32. The fraction of sp³-hybridized carbons (Fsp3) is 0.692. The summed E-state index contributed by atoms with van der Waals surface area (Å²) in [6.07, 6.45) is 7.25. The van der Waals surface area contributed by atoms with Gasteiger partial charge in [0, 0.05) is 10.3 Å². The fourth-order valence-corrected chi connectivity index (χ4v) is 3.39. The molecule has 1 atom stereocenters. The summed E-state index contributed by atoms with van der Waals surface area (Å²) in [5.41, 5.74) is 0. The van der Waals surface area contributed by atoms with Gasteiger partial charge in [-0.1, -0.05) is 25.7 Å². The Balaban J connectivity index is 2.01. The Morgan fingerprint density at radius 3 is 2.56 bits per heavy atom. The lowest BCUT2D eigenvalue weighted by atomic mass is 9.93. The number of ether oxygens (including phenoxy) is 1. The number of methoxy groups -OCH3 is 1. The SMILES string of the molecule is COc1csc(C(O)C2CCCCCC2)c1. The number of aliphatic hydroxyl groups excluding tert-OH is 1. The molecule has 0 aliphatic heterocycles. The molecule has 1 unspecified atom stereocenters. The van der Waals surface area contributed by atoms with E-state index in [2.05, 4.69) is 0 Å². The zero-order chi connectivity index (χ0) is 11.4. The van der Waals surface area contributed by atoms with Crippen molar-refractivity contribution in [2.45, 2.75) is 44.6 Å². The average molecular weight is 240 g/mol. The lowest BCUT2D eigenvalue weighted by molar-refractivity contribution is 0.102. The van der Waals surface area contributed by atoms with Crippen molar-refractivity contribution < 1.29 is 9.84 Å². The van der Waals surface area contributed by atoms with Crippen molar-refractivity contribution >= 4 is 11.3 Å². The van der Waals surface area contributed by atoms with Crippen LogP contribution in [0.5, 0.6) is 5.75 Å². The second-order valence-corrected chi connectivity index (χ2v) is 5.53. The third-order valence-corrected chi connectivity index (χ3v) is 4.45. The van der Waals surface area contributed by atoms with Gasteiger partial charge in [-0.2, -0.15) is 0 Å². The van der Waals surface area contributed by atoms with Crippen LogP contribution in [-0.2, 0) is 0 Å². The number of thiophene rings is 1. The van der Waals surface area contributed by atoms with E-state index >= 15 is 0 Å². The van der Waals surface area contributed by atoms with Crippen LogP contribution >= 0.6 is 11.3 Å². The van der Waals surface area contributed by atoms with E-state index in [9.17, 15) is 5.11 Å². The third kappa shape index (κ3) is 2.77. The first-order valence-corrected chi connectivity index (χ1v) is 6.99. The average Bonchev–Trinajstić information content (AvgIpc) is 2.62. The van der Waals surface area contributed by atoms with E-state index in [1.165, 1.54) is 38.5 Å². The maximum atomic E-state index is 10.3. The van der Waals surface area contributed by atoms with E-state index < -0.39 is 0 Å². The van der Waals surface area contributed by atoms with E-state index in [1.807, 2.05) is 11.4 Å². The molecule has 1 N–H and O–H groups in total. The predicted octanol–water partition coefficient (Wildman–Crippen LogP) is 3.76. The molecule has 1 aliphatic carbocycles. The van der Waals surface area contributed by atoms with E-state index in [4.69, 9.17) is 4.74 Å². The standard InChI is InChI=1S/C13H20O2S/c1-15-11-8-12(16-9-11)13(14)10-6-4-2-3-5-7-10/h8-10,13-14H,2-7H2,1H3. The van der Waals surface area contributed by atoms with Gasteiger partial charge >= 0.3 is 0 Å². The summed E-state index contributed by atoms with van der Waals surface area (Å²) in [6, 6.07) is 1.97. The van der Waals surface area contributed by atoms with Gasteiger partial charge in [0.2, 0.25) is 0 Å². The van der Waals surface area contributed by atoms with E-state index in [0.717, 1.165) is 10.6 Å². The Morgan fingerprint density at radius 1 is 1.31 bits per heavy atom. The summed E-state index contributed by atoms with van der Waals surface area (Å²) >= 11 is 1.61. The van der Waals surface area contributed by atoms with Crippen LogP contribution in [-0.4, -0.2) is 12.2 Å². The van der Waals surface area contributed by atoms with Gasteiger partial charge < -0.3 is 9.84 Å². The second kappa shape index (κ2) is 5.69. The number of aliphatic hydroxyl groups is 1. The summed E-state index contributed by atoms with van der Waals surface area (Å²) < 4.78 is 5.16. The summed E-state index contributed by atoms with van der Waals surface area (Å²) in [7, 11) is 1.67. The highest BCUT2D eigenvalue weighted by molar-refractivity contribution is 7.10. The molecule has 1 fully saturated rings. The molecule has 2 rings (SSSR count). The number of rotatable bonds is 3. The molecule has 90 valence electrons. The van der Waals surface area contributed by atoms with Crippen LogP contribution in [0.2, 0.25) is 0 Å². The molecule has 16 heavy (non-hydrogen) atoms. The van der Waals surface area contributed by atoms with Gasteiger partial charge in [0.25, 0.3) is 0 Å². The molecule has 2 nitrogen and oxygen atoms in total. The largest absolute Gasteiger partial charge is 0.496 e. The van der Waals surface area contributed by atoms with Crippen molar-refractivity contribution in [3.05, 3.63) is 16.3 Å². The molecule has 0 amide bonds. The number of hydrogen-bond acceptors (Lipinski definition) is 3. The smallest absolute Gasteiger partial charge is 0.129 e. The minimum Gasteiger partial charge on any atom is -0.496 e. The topological polar surface area (TPSA) is 29.5 Å². The Morgan fingerprint density at radius 2 is 2.00 bits per heavy atom. The molecule has 1 aliphatic rings. The molecule has 1 saturated carbocycles. The third-order valence-electron chi connectivity index (χ3n) is 3.47. The molecule has 0 bridgehead atoms. The van der Waals surface area contributed by atoms with Crippen LogP contribution < -0.4 is 4.74 Å². The van der Waals surface area contributed by atoms with Crippen LogP contribution in [0.4, 0.5) is 0 Å². The Labute approximate surface area is 101 Å². The predicted molar refractivity (Wildman–Crippen MR) is 67.0 cm³/mol. The van der Waals surface area contributed by atoms with Crippen LogP contribution in [0.25, 0.3) is 0 Å². The van der Waals surface area contributed by atoms with Gasteiger partial charge in [-0.05, 0) is 24.8 Å². The van der Waals surface area contributed by atoms with Crippen LogP contribution in [0.3, 0.4) is 0 Å². The molecule has 0 saturated heterocycles. The first kappa shape index (κ1) is 11.9. The first-order valence-electron chi connectivity index (χ1n) is 6.11. The Kier molecular flexibility index (Phi) is 4.24. The second-order valence-electron chi connectivity index (χ2n) is 4.59. The van der Waals surface area contributed by atoms with Gasteiger partial charge in [0.15, 0.2) is 0 Å². The molecule has 0 radical (unpaired) electrons. The van der Waals surface area contributed by atoms with Crippen molar-refractivity contribution in [3.8, 4) is 5.75 Å². The summed E-state index contributed by atoms with van der Waals surface area (Å²) in [4.78, 5) is 1.06. The zero-order valence-electron chi connectivity index (χ0n) is 9.82. The molecule has 1 heterocycles. The van der Waals surface area contributed by atoms with E-state index in [-0.39, 0.29) is 6.10 Å².